The highest BCUT2D eigenvalue weighted by molar-refractivity contribution is 6.30. The molecule has 0 saturated heterocycles. The Morgan fingerprint density at radius 2 is 1.58 bits per heavy atom. The van der Waals surface area contributed by atoms with Gasteiger partial charge in [0.1, 0.15) is 0 Å². The van der Waals surface area contributed by atoms with Gasteiger partial charge in [-0.1, -0.05) is 37.6 Å². The highest BCUT2D eigenvalue weighted by Crippen LogP contribution is 2.17. The molecule has 1 amide bonds. The average Bonchev–Trinajstić information content (AvgIpc) is 2.41. The Balaban J connectivity index is 2.09. The molecule has 2 aromatic rings. The fourth-order valence-electron chi connectivity index (χ4n) is 1.76. The molecule has 98 valence electrons. The normalized spacial score (nSPS) is 10.5. The second-order valence-corrected chi connectivity index (χ2v) is 5.17. The van der Waals surface area contributed by atoms with Crippen molar-refractivity contribution in [3.05, 3.63) is 64.7 Å². The van der Waals surface area contributed by atoms with Crippen LogP contribution < -0.4 is 5.32 Å². The van der Waals surface area contributed by atoms with Crippen molar-refractivity contribution < 1.29 is 4.79 Å². The number of hydrogen-bond acceptors (Lipinski definition) is 1. The van der Waals surface area contributed by atoms with Crippen LogP contribution in [0.25, 0.3) is 0 Å². The quantitative estimate of drug-likeness (QED) is 0.862. The minimum atomic E-state index is -0.113. The summed E-state index contributed by atoms with van der Waals surface area (Å²) >= 11 is 5.80. The lowest BCUT2D eigenvalue weighted by Crippen LogP contribution is -2.11. The fraction of sp³-hybridized carbons (Fsp3) is 0.188. The largest absolute Gasteiger partial charge is 0.322 e. The maximum atomic E-state index is 12.0. The molecule has 0 aromatic heterocycles. The predicted octanol–water partition coefficient (Wildman–Crippen LogP) is 4.72. The van der Waals surface area contributed by atoms with E-state index in [0.29, 0.717) is 16.5 Å². The Bertz CT molecular complexity index is 558. The first-order chi connectivity index (χ1) is 9.06. The smallest absolute Gasteiger partial charge is 0.255 e. The average molecular weight is 274 g/mol. The third-order valence-electron chi connectivity index (χ3n) is 2.94. The van der Waals surface area contributed by atoms with Gasteiger partial charge in [0.25, 0.3) is 5.91 Å². The zero-order valence-electron chi connectivity index (χ0n) is 11.0. The Morgan fingerprint density at radius 3 is 2.11 bits per heavy atom. The first-order valence-electron chi connectivity index (χ1n) is 6.23. The highest BCUT2D eigenvalue weighted by atomic mass is 35.5. The third-order valence-corrected chi connectivity index (χ3v) is 3.19. The molecule has 0 saturated carbocycles. The van der Waals surface area contributed by atoms with E-state index in [9.17, 15) is 4.79 Å². The number of hydrogen-bond donors (Lipinski definition) is 1. The molecule has 1 N–H and O–H groups in total. The van der Waals surface area contributed by atoms with Crippen molar-refractivity contribution in [2.24, 2.45) is 0 Å². The molecule has 0 radical (unpaired) electrons. The van der Waals surface area contributed by atoms with Crippen molar-refractivity contribution in [3.8, 4) is 0 Å². The maximum Gasteiger partial charge on any atom is 0.255 e. The Hall–Kier alpha value is -1.80. The molecule has 0 heterocycles. The van der Waals surface area contributed by atoms with Gasteiger partial charge in [-0.2, -0.15) is 0 Å². The van der Waals surface area contributed by atoms with Crippen molar-refractivity contribution in [1.29, 1.82) is 0 Å². The number of benzene rings is 2. The van der Waals surface area contributed by atoms with Crippen LogP contribution in [0.15, 0.2) is 48.5 Å². The van der Waals surface area contributed by atoms with Gasteiger partial charge in [0.2, 0.25) is 0 Å². The molecule has 0 atom stereocenters. The van der Waals surface area contributed by atoms with Gasteiger partial charge in [0.15, 0.2) is 0 Å². The monoisotopic (exact) mass is 273 g/mol. The van der Waals surface area contributed by atoms with Crippen LogP contribution in [0.4, 0.5) is 5.69 Å². The van der Waals surface area contributed by atoms with Crippen molar-refractivity contribution >= 4 is 23.2 Å². The molecule has 2 aromatic carbocycles. The van der Waals surface area contributed by atoms with Crippen LogP contribution in [0, 0.1) is 0 Å². The van der Waals surface area contributed by atoms with E-state index in [-0.39, 0.29) is 5.91 Å². The van der Waals surface area contributed by atoms with E-state index < -0.39 is 0 Å². The lowest BCUT2D eigenvalue weighted by molar-refractivity contribution is 0.102. The standard InChI is InChI=1S/C16H16ClNO/c1-11(2)12-3-5-13(6-4-12)16(19)18-15-9-7-14(17)8-10-15/h3-11H,1-2H3,(H,18,19). The minimum Gasteiger partial charge on any atom is -0.322 e. The number of anilines is 1. The molecule has 0 fully saturated rings. The zero-order valence-corrected chi connectivity index (χ0v) is 11.7. The molecular formula is C16H16ClNO. The van der Waals surface area contributed by atoms with E-state index in [2.05, 4.69) is 19.2 Å². The van der Waals surface area contributed by atoms with E-state index in [4.69, 9.17) is 11.6 Å². The summed E-state index contributed by atoms with van der Waals surface area (Å²) in [5, 5.41) is 3.49. The van der Waals surface area contributed by atoms with Crippen molar-refractivity contribution in [3.63, 3.8) is 0 Å². The molecule has 0 aliphatic heterocycles. The molecule has 2 nitrogen and oxygen atoms in total. The SMILES string of the molecule is CC(C)c1ccc(C(=O)Nc2ccc(Cl)cc2)cc1. The van der Waals surface area contributed by atoms with E-state index in [0.717, 1.165) is 5.69 Å². The van der Waals surface area contributed by atoms with Crippen LogP contribution in [0.1, 0.15) is 35.7 Å². The van der Waals surface area contributed by atoms with Crippen LogP contribution in [0.3, 0.4) is 0 Å². The summed E-state index contributed by atoms with van der Waals surface area (Å²) in [5.74, 6) is 0.353. The van der Waals surface area contributed by atoms with E-state index in [1.54, 1.807) is 24.3 Å². The number of nitrogens with one attached hydrogen (secondary N) is 1. The van der Waals surface area contributed by atoms with Crippen LogP contribution in [-0.2, 0) is 0 Å². The van der Waals surface area contributed by atoms with Crippen LogP contribution in [-0.4, -0.2) is 5.91 Å². The molecule has 0 bridgehead atoms. The van der Waals surface area contributed by atoms with Crippen LogP contribution >= 0.6 is 11.6 Å². The topological polar surface area (TPSA) is 29.1 Å². The van der Waals surface area contributed by atoms with Gasteiger partial charge in [0.05, 0.1) is 0 Å². The van der Waals surface area contributed by atoms with E-state index >= 15 is 0 Å². The van der Waals surface area contributed by atoms with Gasteiger partial charge in [-0.05, 0) is 47.9 Å². The number of halogens is 1. The Morgan fingerprint density at radius 1 is 1.00 bits per heavy atom. The number of rotatable bonds is 3. The van der Waals surface area contributed by atoms with Gasteiger partial charge < -0.3 is 5.32 Å². The van der Waals surface area contributed by atoms with Crippen molar-refractivity contribution in [2.75, 3.05) is 5.32 Å². The van der Waals surface area contributed by atoms with Gasteiger partial charge in [-0.15, -0.1) is 0 Å². The Labute approximate surface area is 118 Å². The number of amides is 1. The first-order valence-corrected chi connectivity index (χ1v) is 6.61. The molecule has 0 spiro atoms. The van der Waals surface area contributed by atoms with E-state index in [1.807, 2.05) is 24.3 Å². The zero-order chi connectivity index (χ0) is 13.8. The molecule has 0 unspecified atom stereocenters. The summed E-state index contributed by atoms with van der Waals surface area (Å²) in [6, 6.07) is 14.7. The Kier molecular flexibility index (Phi) is 4.23. The summed E-state index contributed by atoms with van der Waals surface area (Å²) in [7, 11) is 0. The van der Waals surface area contributed by atoms with Crippen LogP contribution in [0.5, 0.6) is 0 Å². The van der Waals surface area contributed by atoms with Crippen molar-refractivity contribution in [2.45, 2.75) is 19.8 Å². The lowest BCUT2D eigenvalue weighted by atomic mass is 10.0. The van der Waals surface area contributed by atoms with Crippen molar-refractivity contribution in [1.82, 2.24) is 0 Å². The maximum absolute atomic E-state index is 12.0. The fourth-order valence-corrected chi connectivity index (χ4v) is 1.88. The van der Waals surface area contributed by atoms with Gasteiger partial charge in [-0.3, -0.25) is 4.79 Å². The second kappa shape index (κ2) is 5.89. The molecule has 19 heavy (non-hydrogen) atoms. The predicted molar refractivity (Wildman–Crippen MR) is 79.9 cm³/mol. The summed E-state index contributed by atoms with van der Waals surface area (Å²) in [5.41, 5.74) is 2.62. The second-order valence-electron chi connectivity index (χ2n) is 4.74. The van der Waals surface area contributed by atoms with Crippen LogP contribution in [0.2, 0.25) is 5.02 Å². The molecule has 3 heteroatoms. The number of carbonyl (C=O) groups excluding carboxylic acids is 1. The summed E-state index contributed by atoms with van der Waals surface area (Å²) in [6.45, 7) is 4.26. The molecular weight excluding hydrogens is 258 g/mol. The minimum absolute atomic E-state index is 0.113. The van der Waals surface area contributed by atoms with E-state index in [1.165, 1.54) is 5.56 Å². The summed E-state index contributed by atoms with van der Waals surface area (Å²) < 4.78 is 0. The van der Waals surface area contributed by atoms with Gasteiger partial charge in [-0.25, -0.2) is 0 Å². The van der Waals surface area contributed by atoms with Gasteiger partial charge in [0, 0.05) is 16.3 Å². The molecule has 2 rings (SSSR count). The summed E-state index contributed by atoms with van der Waals surface area (Å²) in [4.78, 5) is 12.0. The molecule has 0 aliphatic carbocycles. The highest BCUT2D eigenvalue weighted by Gasteiger charge is 2.06. The third kappa shape index (κ3) is 3.58. The van der Waals surface area contributed by atoms with Gasteiger partial charge >= 0.3 is 0 Å². The molecule has 0 aliphatic rings. The number of carbonyl (C=O) groups is 1. The first kappa shape index (κ1) is 13.6. The lowest BCUT2D eigenvalue weighted by Gasteiger charge is -2.08. The summed E-state index contributed by atoms with van der Waals surface area (Å²) in [6.07, 6.45) is 0.